The summed E-state index contributed by atoms with van der Waals surface area (Å²) in [7, 11) is 0. The van der Waals surface area contributed by atoms with Gasteiger partial charge in [0, 0.05) is 38.4 Å². The summed E-state index contributed by atoms with van der Waals surface area (Å²) in [6.07, 6.45) is 6.13. The number of anilines is 1. The number of piperazine rings is 1. The molecule has 0 radical (unpaired) electrons. The van der Waals surface area contributed by atoms with E-state index >= 15 is 0 Å². The highest BCUT2D eigenvalue weighted by Gasteiger charge is 2.20. The first-order valence-electron chi connectivity index (χ1n) is 10.9. The van der Waals surface area contributed by atoms with E-state index in [1.165, 1.54) is 5.56 Å². The topological polar surface area (TPSA) is 61.9 Å². The SMILES string of the molecule is CCCCOC(=O)c1ccc(NC(=O)N2CCN(CC=Cc3ccccc3)CC2)cc1. The van der Waals surface area contributed by atoms with Gasteiger partial charge in [-0.1, -0.05) is 55.8 Å². The number of hydrogen-bond donors (Lipinski definition) is 1. The predicted octanol–water partition coefficient (Wildman–Crippen LogP) is 4.51. The number of benzene rings is 2. The second kappa shape index (κ2) is 11.9. The molecule has 0 unspecified atom stereocenters. The van der Waals surface area contributed by atoms with Gasteiger partial charge in [-0.2, -0.15) is 0 Å². The highest BCUT2D eigenvalue weighted by atomic mass is 16.5. The summed E-state index contributed by atoms with van der Waals surface area (Å²) in [5.74, 6) is -0.330. The number of nitrogens with one attached hydrogen (secondary N) is 1. The van der Waals surface area contributed by atoms with Crippen molar-refractivity contribution in [2.75, 3.05) is 44.6 Å². The molecule has 2 aromatic carbocycles. The Morgan fingerprint density at radius 3 is 2.39 bits per heavy atom. The zero-order chi connectivity index (χ0) is 21.9. The van der Waals surface area contributed by atoms with Crippen molar-refractivity contribution in [2.45, 2.75) is 19.8 Å². The molecule has 1 heterocycles. The number of hydrogen-bond acceptors (Lipinski definition) is 4. The van der Waals surface area contributed by atoms with E-state index in [1.54, 1.807) is 24.3 Å². The van der Waals surface area contributed by atoms with Crippen LogP contribution in [0.25, 0.3) is 6.08 Å². The number of rotatable bonds is 8. The summed E-state index contributed by atoms with van der Waals surface area (Å²) in [5.41, 5.74) is 2.36. The largest absolute Gasteiger partial charge is 0.462 e. The second-order valence-corrected chi connectivity index (χ2v) is 7.60. The van der Waals surface area contributed by atoms with Crippen LogP contribution in [0.1, 0.15) is 35.7 Å². The number of urea groups is 1. The van der Waals surface area contributed by atoms with Gasteiger partial charge in [0.15, 0.2) is 0 Å². The minimum Gasteiger partial charge on any atom is -0.462 e. The van der Waals surface area contributed by atoms with E-state index in [9.17, 15) is 9.59 Å². The van der Waals surface area contributed by atoms with Crippen molar-refractivity contribution < 1.29 is 14.3 Å². The number of unbranched alkanes of at least 4 members (excludes halogenated alkanes) is 1. The molecule has 2 aromatic rings. The summed E-state index contributed by atoms with van der Waals surface area (Å²) in [6.45, 7) is 6.42. The van der Waals surface area contributed by atoms with Crippen LogP contribution in [0.2, 0.25) is 0 Å². The van der Waals surface area contributed by atoms with Crippen LogP contribution in [0, 0.1) is 0 Å². The highest BCUT2D eigenvalue weighted by Crippen LogP contribution is 2.13. The van der Waals surface area contributed by atoms with Crippen molar-refractivity contribution >= 4 is 23.8 Å². The lowest BCUT2D eigenvalue weighted by Crippen LogP contribution is -2.49. The zero-order valence-electron chi connectivity index (χ0n) is 18.1. The fourth-order valence-corrected chi connectivity index (χ4v) is 3.32. The predicted molar refractivity (Wildman–Crippen MR) is 124 cm³/mol. The first-order chi connectivity index (χ1) is 15.2. The molecule has 1 N–H and O–H groups in total. The normalized spacial score (nSPS) is 14.5. The first-order valence-corrected chi connectivity index (χ1v) is 10.9. The van der Waals surface area contributed by atoms with Crippen molar-refractivity contribution in [1.82, 2.24) is 9.80 Å². The zero-order valence-corrected chi connectivity index (χ0v) is 18.1. The van der Waals surface area contributed by atoms with Crippen molar-refractivity contribution in [3.63, 3.8) is 0 Å². The summed E-state index contributed by atoms with van der Waals surface area (Å²) in [4.78, 5) is 28.7. The smallest absolute Gasteiger partial charge is 0.338 e. The maximum atomic E-state index is 12.6. The van der Waals surface area contributed by atoms with Crippen LogP contribution < -0.4 is 5.32 Å². The molecule has 3 rings (SSSR count). The average Bonchev–Trinajstić information content (AvgIpc) is 2.81. The van der Waals surface area contributed by atoms with Gasteiger partial charge in [-0.25, -0.2) is 9.59 Å². The lowest BCUT2D eigenvalue weighted by Gasteiger charge is -2.34. The summed E-state index contributed by atoms with van der Waals surface area (Å²) >= 11 is 0. The molecule has 1 aliphatic heterocycles. The quantitative estimate of drug-likeness (QED) is 0.503. The summed E-state index contributed by atoms with van der Waals surface area (Å²) < 4.78 is 5.20. The number of nitrogens with zero attached hydrogens (tertiary/aromatic N) is 2. The van der Waals surface area contributed by atoms with Crippen LogP contribution in [0.15, 0.2) is 60.7 Å². The molecule has 0 bridgehead atoms. The van der Waals surface area contributed by atoms with Crippen molar-refractivity contribution in [3.8, 4) is 0 Å². The minimum absolute atomic E-state index is 0.113. The molecular formula is C25H31N3O3. The molecule has 0 saturated carbocycles. The molecule has 1 fully saturated rings. The standard InChI is InChI=1S/C25H31N3O3/c1-2-3-20-31-24(29)22-11-13-23(14-12-22)26-25(30)28-18-16-27(17-19-28)15-7-10-21-8-5-4-6-9-21/h4-14H,2-3,15-20H2,1H3,(H,26,30). The van der Waals surface area contributed by atoms with Crippen molar-refractivity contribution in [3.05, 3.63) is 71.8 Å². The Kier molecular flexibility index (Phi) is 8.67. The minimum atomic E-state index is -0.330. The van der Waals surface area contributed by atoms with Crippen LogP contribution >= 0.6 is 0 Å². The Morgan fingerprint density at radius 1 is 1.00 bits per heavy atom. The molecule has 6 nitrogen and oxygen atoms in total. The van der Waals surface area contributed by atoms with Gasteiger partial charge < -0.3 is 15.0 Å². The number of carbonyl (C=O) groups excluding carboxylic acids is 2. The van der Waals surface area contributed by atoms with E-state index in [2.05, 4.69) is 34.5 Å². The Bertz CT molecular complexity index is 857. The molecule has 0 aliphatic carbocycles. The van der Waals surface area contributed by atoms with Gasteiger partial charge in [0.2, 0.25) is 0 Å². The molecular weight excluding hydrogens is 390 g/mol. The van der Waals surface area contributed by atoms with Crippen LogP contribution in [0.3, 0.4) is 0 Å². The van der Waals surface area contributed by atoms with E-state index in [0.29, 0.717) is 30.9 Å². The number of ether oxygens (including phenoxy) is 1. The molecule has 1 aliphatic rings. The third-order valence-electron chi connectivity index (χ3n) is 5.24. The van der Waals surface area contributed by atoms with Gasteiger partial charge in [-0.05, 0) is 36.2 Å². The number of carbonyl (C=O) groups is 2. The number of amides is 2. The van der Waals surface area contributed by atoms with Gasteiger partial charge in [-0.3, -0.25) is 4.90 Å². The molecule has 6 heteroatoms. The summed E-state index contributed by atoms with van der Waals surface area (Å²) in [5, 5.41) is 2.91. The Labute approximate surface area is 184 Å². The van der Waals surface area contributed by atoms with Crippen molar-refractivity contribution in [1.29, 1.82) is 0 Å². The van der Waals surface area contributed by atoms with E-state index in [0.717, 1.165) is 32.5 Å². The van der Waals surface area contributed by atoms with Crippen LogP contribution in [0.5, 0.6) is 0 Å². The van der Waals surface area contributed by atoms with Crippen LogP contribution in [-0.2, 0) is 4.74 Å². The summed E-state index contributed by atoms with van der Waals surface area (Å²) in [6, 6.07) is 17.0. The van der Waals surface area contributed by atoms with E-state index in [4.69, 9.17) is 4.74 Å². The maximum absolute atomic E-state index is 12.6. The molecule has 164 valence electrons. The van der Waals surface area contributed by atoms with Gasteiger partial charge in [0.05, 0.1) is 12.2 Å². The lowest BCUT2D eigenvalue weighted by molar-refractivity contribution is 0.0500. The van der Waals surface area contributed by atoms with Gasteiger partial charge >= 0.3 is 12.0 Å². The first kappa shape index (κ1) is 22.6. The van der Waals surface area contributed by atoms with Gasteiger partial charge in [0.25, 0.3) is 0 Å². The average molecular weight is 422 g/mol. The lowest BCUT2D eigenvalue weighted by atomic mass is 10.2. The molecule has 0 aromatic heterocycles. The van der Waals surface area contributed by atoms with Crippen LogP contribution in [0.4, 0.5) is 10.5 Å². The van der Waals surface area contributed by atoms with E-state index in [1.807, 2.05) is 30.0 Å². The number of esters is 1. The molecule has 0 atom stereocenters. The van der Waals surface area contributed by atoms with Gasteiger partial charge in [-0.15, -0.1) is 0 Å². The monoisotopic (exact) mass is 421 g/mol. The van der Waals surface area contributed by atoms with Crippen molar-refractivity contribution in [2.24, 2.45) is 0 Å². The Hall–Kier alpha value is -3.12. The third-order valence-corrected chi connectivity index (χ3v) is 5.24. The molecule has 31 heavy (non-hydrogen) atoms. The molecule has 1 saturated heterocycles. The van der Waals surface area contributed by atoms with E-state index in [-0.39, 0.29) is 12.0 Å². The molecule has 2 amide bonds. The fraction of sp³-hybridized carbons (Fsp3) is 0.360. The fourth-order valence-electron chi connectivity index (χ4n) is 3.32. The van der Waals surface area contributed by atoms with Gasteiger partial charge in [0.1, 0.15) is 0 Å². The second-order valence-electron chi connectivity index (χ2n) is 7.60. The Morgan fingerprint density at radius 2 is 1.71 bits per heavy atom. The van der Waals surface area contributed by atoms with Crippen LogP contribution in [-0.4, -0.2) is 61.1 Å². The Balaban J connectivity index is 1.40. The third kappa shape index (κ3) is 7.26. The highest BCUT2D eigenvalue weighted by molar-refractivity contribution is 5.92. The van der Waals surface area contributed by atoms with E-state index < -0.39 is 0 Å². The maximum Gasteiger partial charge on any atom is 0.338 e. The molecule has 0 spiro atoms.